The molecule has 0 N–H and O–H groups in total. The lowest BCUT2D eigenvalue weighted by Gasteiger charge is -2.31. The number of nitrogens with zero attached hydrogens (tertiary/aromatic N) is 1. The van der Waals surface area contributed by atoms with Gasteiger partial charge in [-0.25, -0.2) is 0 Å². The Bertz CT molecular complexity index is 940. The highest BCUT2D eigenvalue weighted by Crippen LogP contribution is 2.49. The number of fused-ring (bicyclic) bond motifs is 6. The Morgan fingerprint density at radius 3 is 2.83 bits per heavy atom. The van der Waals surface area contributed by atoms with Gasteiger partial charge < -0.3 is 4.57 Å². The van der Waals surface area contributed by atoms with E-state index in [0.29, 0.717) is 17.8 Å². The van der Waals surface area contributed by atoms with Crippen LogP contribution in [0, 0.1) is 5.92 Å². The molecule has 114 valence electrons. The Kier molecular flexibility index (Phi) is 2.78. The van der Waals surface area contributed by atoms with Gasteiger partial charge in [0.1, 0.15) is 0 Å². The van der Waals surface area contributed by atoms with Gasteiger partial charge in [0, 0.05) is 35.1 Å². The minimum atomic E-state index is 0.499. The largest absolute Gasteiger partial charge is 0.347 e. The van der Waals surface area contributed by atoms with Crippen molar-refractivity contribution in [3.05, 3.63) is 82.0 Å². The van der Waals surface area contributed by atoms with Crippen molar-refractivity contribution < 1.29 is 0 Å². The molecular formula is C22H21N. The maximum atomic E-state index is 2.47. The second kappa shape index (κ2) is 4.86. The van der Waals surface area contributed by atoms with Gasteiger partial charge in [-0.1, -0.05) is 60.7 Å². The van der Waals surface area contributed by atoms with E-state index in [1.807, 2.05) is 0 Å². The second-order valence-electron chi connectivity index (χ2n) is 6.97. The molecule has 0 spiro atoms. The third kappa shape index (κ3) is 1.80. The topological polar surface area (TPSA) is 4.93 Å². The molecule has 2 bridgehead atoms. The van der Waals surface area contributed by atoms with Crippen LogP contribution in [0.5, 0.6) is 0 Å². The van der Waals surface area contributed by atoms with Crippen LogP contribution in [0.25, 0.3) is 12.2 Å². The molecule has 3 unspecified atom stereocenters. The van der Waals surface area contributed by atoms with Gasteiger partial charge in [0.2, 0.25) is 0 Å². The first kappa shape index (κ1) is 13.2. The molecule has 1 heteroatoms. The lowest BCUT2D eigenvalue weighted by atomic mass is 9.73. The summed E-state index contributed by atoms with van der Waals surface area (Å²) in [6, 6.07) is 11.1. The molecule has 0 amide bonds. The first-order chi connectivity index (χ1) is 11.3. The highest BCUT2D eigenvalue weighted by atomic mass is 15.0. The number of hydrogen-bond acceptors (Lipinski definition) is 0. The predicted molar refractivity (Wildman–Crippen MR) is 95.6 cm³/mol. The summed E-state index contributed by atoms with van der Waals surface area (Å²) in [5.41, 5.74) is 4.58. The lowest BCUT2D eigenvalue weighted by molar-refractivity contribution is 0.482. The fourth-order valence-corrected chi connectivity index (χ4v) is 4.85. The smallest absolute Gasteiger partial charge is 0.0479 e. The Morgan fingerprint density at radius 2 is 1.96 bits per heavy atom. The summed E-state index contributed by atoms with van der Waals surface area (Å²) < 4.78 is 2.45. The predicted octanol–water partition coefficient (Wildman–Crippen LogP) is 3.35. The lowest BCUT2D eigenvalue weighted by Crippen LogP contribution is -2.30. The molecule has 1 aromatic heterocycles. The van der Waals surface area contributed by atoms with Gasteiger partial charge in [0.15, 0.2) is 0 Å². The van der Waals surface area contributed by atoms with Crippen LogP contribution in [0.3, 0.4) is 0 Å². The third-order valence-electron chi connectivity index (χ3n) is 5.78. The Labute approximate surface area is 137 Å². The molecule has 0 saturated carbocycles. The standard InChI is InChI=1S/C22H21N/c1-23-19-11-7-3-6-10-18(19)21-20(15-8-4-2-5-9-15)16-12-13-17(14-16)22(21)23/h2-5,7-13,16-17,20H,6,14H2,1H3. The van der Waals surface area contributed by atoms with Gasteiger partial charge in [-0.2, -0.15) is 0 Å². The van der Waals surface area contributed by atoms with E-state index in [0.717, 1.165) is 6.42 Å². The number of aromatic nitrogens is 1. The Hall–Kier alpha value is -2.28. The Morgan fingerprint density at radius 1 is 1.09 bits per heavy atom. The molecule has 0 radical (unpaired) electrons. The van der Waals surface area contributed by atoms with E-state index in [-0.39, 0.29) is 0 Å². The van der Waals surface area contributed by atoms with E-state index < -0.39 is 0 Å². The molecular weight excluding hydrogens is 278 g/mol. The summed E-state index contributed by atoms with van der Waals surface area (Å²) in [5.74, 6) is 1.74. The van der Waals surface area contributed by atoms with E-state index in [4.69, 9.17) is 0 Å². The van der Waals surface area contributed by atoms with Crippen molar-refractivity contribution in [2.45, 2.75) is 24.7 Å². The maximum absolute atomic E-state index is 2.47. The van der Waals surface area contributed by atoms with Gasteiger partial charge in [-0.3, -0.25) is 0 Å². The molecule has 5 rings (SSSR count). The van der Waals surface area contributed by atoms with E-state index in [2.05, 4.69) is 78.4 Å². The summed E-state index contributed by atoms with van der Waals surface area (Å²) in [4.78, 5) is 0. The van der Waals surface area contributed by atoms with Crippen molar-refractivity contribution in [3.63, 3.8) is 0 Å². The zero-order chi connectivity index (χ0) is 15.4. The molecule has 1 aromatic carbocycles. The zero-order valence-electron chi connectivity index (χ0n) is 13.4. The van der Waals surface area contributed by atoms with Crippen molar-refractivity contribution in [1.82, 2.24) is 4.57 Å². The molecule has 0 aliphatic heterocycles. The molecule has 3 aliphatic rings. The van der Waals surface area contributed by atoms with Gasteiger partial charge in [-0.05, 0) is 36.0 Å². The Balaban J connectivity index is 1.87. The molecule has 1 nitrogen and oxygen atoms in total. The summed E-state index contributed by atoms with van der Waals surface area (Å²) >= 11 is 0. The fourth-order valence-electron chi connectivity index (χ4n) is 4.85. The van der Waals surface area contributed by atoms with Gasteiger partial charge >= 0.3 is 0 Å². The number of allylic oxidation sites excluding steroid dienone is 4. The van der Waals surface area contributed by atoms with E-state index in [1.165, 1.54) is 28.2 Å². The first-order valence-corrected chi connectivity index (χ1v) is 8.63. The maximum Gasteiger partial charge on any atom is 0.0479 e. The summed E-state index contributed by atoms with van der Waals surface area (Å²) in [6.45, 7) is 0. The number of hydrogen-bond donors (Lipinski definition) is 0. The van der Waals surface area contributed by atoms with Crippen LogP contribution in [-0.4, -0.2) is 4.57 Å². The average molecular weight is 299 g/mol. The SMILES string of the molecule is Cn1c2c(c3c1=CC=CCC=3)C(c1ccccc1)C1C=CC2C1. The molecule has 3 atom stereocenters. The van der Waals surface area contributed by atoms with E-state index >= 15 is 0 Å². The average Bonchev–Trinajstić information content (AvgIpc) is 2.99. The highest BCUT2D eigenvalue weighted by Gasteiger charge is 2.39. The van der Waals surface area contributed by atoms with Crippen LogP contribution in [0.1, 0.15) is 41.5 Å². The van der Waals surface area contributed by atoms with Gasteiger partial charge in [0.25, 0.3) is 0 Å². The van der Waals surface area contributed by atoms with Crippen molar-refractivity contribution in [1.29, 1.82) is 0 Å². The van der Waals surface area contributed by atoms with Crippen LogP contribution < -0.4 is 10.6 Å². The summed E-state index contributed by atoms with van der Waals surface area (Å²) in [6.07, 6.45) is 16.4. The van der Waals surface area contributed by atoms with Crippen LogP contribution >= 0.6 is 0 Å². The summed E-state index contributed by atoms with van der Waals surface area (Å²) in [7, 11) is 2.25. The number of rotatable bonds is 1. The molecule has 1 heterocycles. The van der Waals surface area contributed by atoms with Crippen LogP contribution in [0.15, 0.2) is 54.6 Å². The van der Waals surface area contributed by atoms with Crippen LogP contribution in [0.2, 0.25) is 0 Å². The summed E-state index contributed by atoms with van der Waals surface area (Å²) in [5, 5.41) is 2.85. The van der Waals surface area contributed by atoms with Crippen LogP contribution in [0.4, 0.5) is 0 Å². The molecule has 2 aromatic rings. The molecule has 3 aliphatic carbocycles. The molecule has 0 fully saturated rings. The zero-order valence-corrected chi connectivity index (χ0v) is 13.4. The second-order valence-corrected chi connectivity index (χ2v) is 6.97. The molecule has 23 heavy (non-hydrogen) atoms. The fraction of sp³-hybridized carbons (Fsp3) is 0.273. The van der Waals surface area contributed by atoms with Crippen molar-refractivity contribution in [2.24, 2.45) is 13.0 Å². The van der Waals surface area contributed by atoms with Gasteiger partial charge in [-0.15, -0.1) is 0 Å². The van der Waals surface area contributed by atoms with E-state index in [1.54, 1.807) is 5.56 Å². The first-order valence-electron chi connectivity index (χ1n) is 8.63. The third-order valence-corrected chi connectivity index (χ3v) is 5.78. The van der Waals surface area contributed by atoms with Crippen LogP contribution in [-0.2, 0) is 7.05 Å². The number of benzene rings is 1. The quantitative estimate of drug-likeness (QED) is 0.712. The normalized spacial score (nSPS) is 26.9. The monoisotopic (exact) mass is 299 g/mol. The minimum Gasteiger partial charge on any atom is -0.347 e. The highest BCUT2D eigenvalue weighted by molar-refractivity contribution is 5.53. The van der Waals surface area contributed by atoms with Gasteiger partial charge in [0.05, 0.1) is 0 Å². The van der Waals surface area contributed by atoms with Crippen molar-refractivity contribution >= 4 is 12.2 Å². The minimum absolute atomic E-state index is 0.499. The van der Waals surface area contributed by atoms with Crippen molar-refractivity contribution in [2.75, 3.05) is 0 Å². The van der Waals surface area contributed by atoms with Crippen molar-refractivity contribution in [3.8, 4) is 0 Å². The van der Waals surface area contributed by atoms with E-state index in [9.17, 15) is 0 Å². The molecule has 0 saturated heterocycles.